The van der Waals surface area contributed by atoms with E-state index >= 15 is 0 Å². The van der Waals surface area contributed by atoms with E-state index in [9.17, 15) is 4.79 Å². The molecule has 4 aromatic rings. The zero-order valence-electron chi connectivity index (χ0n) is 18.6. The van der Waals surface area contributed by atoms with Crippen LogP contribution in [0.2, 0.25) is 5.02 Å². The fourth-order valence-electron chi connectivity index (χ4n) is 3.09. The van der Waals surface area contributed by atoms with E-state index in [0.29, 0.717) is 28.4 Å². The maximum Gasteiger partial charge on any atom is 0.250 e. The van der Waals surface area contributed by atoms with Crippen molar-refractivity contribution in [2.45, 2.75) is 19.0 Å². The minimum atomic E-state index is -0.279. The SMILES string of the molecule is CCOc1ccc(-n2c(SCC(=O)N/N=C/c3ccc(C)o3)nnc2-c2ccc(Cl)cc2)cc1. The Labute approximate surface area is 206 Å². The van der Waals surface area contributed by atoms with Gasteiger partial charge >= 0.3 is 0 Å². The third-order valence-electron chi connectivity index (χ3n) is 4.62. The molecule has 2 aromatic heterocycles. The maximum atomic E-state index is 12.3. The highest BCUT2D eigenvalue weighted by Gasteiger charge is 2.17. The second-order valence-electron chi connectivity index (χ2n) is 7.11. The number of nitrogens with one attached hydrogen (secondary N) is 1. The average Bonchev–Trinajstić information content (AvgIpc) is 3.45. The van der Waals surface area contributed by atoms with Crippen LogP contribution in [0.15, 0.2) is 75.3 Å². The Bertz CT molecular complexity index is 1280. The number of amides is 1. The molecule has 0 bridgehead atoms. The number of thioether (sulfide) groups is 1. The highest BCUT2D eigenvalue weighted by Crippen LogP contribution is 2.29. The second-order valence-corrected chi connectivity index (χ2v) is 8.48. The maximum absolute atomic E-state index is 12.3. The van der Waals surface area contributed by atoms with Gasteiger partial charge in [0, 0.05) is 16.3 Å². The Kier molecular flexibility index (Phi) is 7.66. The van der Waals surface area contributed by atoms with Gasteiger partial charge in [-0.15, -0.1) is 10.2 Å². The molecule has 174 valence electrons. The molecule has 2 aromatic carbocycles. The monoisotopic (exact) mass is 495 g/mol. The van der Waals surface area contributed by atoms with E-state index in [0.717, 1.165) is 22.8 Å². The summed E-state index contributed by atoms with van der Waals surface area (Å²) < 4.78 is 12.8. The molecule has 0 unspecified atom stereocenters. The summed E-state index contributed by atoms with van der Waals surface area (Å²) in [6.45, 7) is 4.36. The summed E-state index contributed by atoms with van der Waals surface area (Å²) in [6, 6.07) is 18.6. The lowest BCUT2D eigenvalue weighted by Crippen LogP contribution is -2.19. The van der Waals surface area contributed by atoms with Crippen molar-refractivity contribution in [2.75, 3.05) is 12.4 Å². The van der Waals surface area contributed by atoms with Crippen LogP contribution in [0.3, 0.4) is 0 Å². The molecule has 1 amide bonds. The van der Waals surface area contributed by atoms with Crippen molar-refractivity contribution in [1.82, 2.24) is 20.2 Å². The third-order valence-corrected chi connectivity index (χ3v) is 5.80. The Morgan fingerprint density at radius 2 is 1.91 bits per heavy atom. The molecule has 0 spiro atoms. The molecule has 4 rings (SSSR count). The summed E-state index contributed by atoms with van der Waals surface area (Å²) in [5, 5.41) is 13.8. The number of nitrogens with zero attached hydrogens (tertiary/aromatic N) is 4. The van der Waals surface area contributed by atoms with Crippen LogP contribution in [0, 0.1) is 6.92 Å². The van der Waals surface area contributed by atoms with Crippen LogP contribution in [0.1, 0.15) is 18.4 Å². The summed E-state index contributed by atoms with van der Waals surface area (Å²) in [4.78, 5) is 12.3. The number of carbonyl (C=O) groups is 1. The summed E-state index contributed by atoms with van der Waals surface area (Å²) >= 11 is 7.31. The molecule has 0 fully saturated rings. The Morgan fingerprint density at radius 1 is 1.15 bits per heavy atom. The van der Waals surface area contributed by atoms with E-state index < -0.39 is 0 Å². The zero-order chi connectivity index (χ0) is 23.9. The number of rotatable bonds is 9. The van der Waals surface area contributed by atoms with Crippen LogP contribution >= 0.6 is 23.4 Å². The molecule has 34 heavy (non-hydrogen) atoms. The molecule has 1 N–H and O–H groups in total. The fourth-order valence-corrected chi connectivity index (χ4v) is 3.96. The van der Waals surface area contributed by atoms with Gasteiger partial charge in [-0.3, -0.25) is 9.36 Å². The van der Waals surface area contributed by atoms with Gasteiger partial charge in [-0.05, 0) is 74.5 Å². The zero-order valence-corrected chi connectivity index (χ0v) is 20.1. The van der Waals surface area contributed by atoms with Crippen molar-refractivity contribution in [3.8, 4) is 22.8 Å². The highest BCUT2D eigenvalue weighted by molar-refractivity contribution is 7.99. The quantitative estimate of drug-likeness (QED) is 0.196. The van der Waals surface area contributed by atoms with Crippen LogP contribution in [-0.2, 0) is 4.79 Å². The van der Waals surface area contributed by atoms with Crippen LogP contribution in [0.5, 0.6) is 5.75 Å². The molecular formula is C24H22ClN5O3S. The molecule has 10 heteroatoms. The first-order valence-electron chi connectivity index (χ1n) is 10.5. The standard InChI is InChI=1S/C24H22ClN5O3S/c1-3-32-20-12-9-19(10-13-20)30-23(17-5-7-18(25)8-6-17)28-29-24(30)34-15-22(31)27-26-14-21-11-4-16(2)33-21/h4-14H,3,15H2,1-2H3,(H,27,31)/b26-14+. The molecule has 2 heterocycles. The van der Waals surface area contributed by atoms with Gasteiger partial charge in [-0.2, -0.15) is 5.10 Å². The number of aryl methyl sites for hydroxylation is 1. The predicted molar refractivity (Wildman–Crippen MR) is 133 cm³/mol. The molecule has 0 saturated carbocycles. The van der Waals surface area contributed by atoms with E-state index in [1.807, 2.05) is 60.9 Å². The lowest BCUT2D eigenvalue weighted by Gasteiger charge is -2.11. The minimum Gasteiger partial charge on any atom is -0.494 e. The topological polar surface area (TPSA) is 94.5 Å². The number of hydrogen-bond donors (Lipinski definition) is 1. The van der Waals surface area contributed by atoms with E-state index in [2.05, 4.69) is 20.7 Å². The number of furan rings is 1. The fraction of sp³-hybridized carbons (Fsp3) is 0.167. The molecule has 0 saturated heterocycles. The van der Waals surface area contributed by atoms with Gasteiger partial charge in [-0.25, -0.2) is 5.43 Å². The van der Waals surface area contributed by atoms with E-state index in [4.69, 9.17) is 20.8 Å². The van der Waals surface area contributed by atoms with E-state index in [1.165, 1.54) is 18.0 Å². The first-order valence-corrected chi connectivity index (χ1v) is 11.9. The van der Waals surface area contributed by atoms with Crippen LogP contribution < -0.4 is 10.2 Å². The van der Waals surface area contributed by atoms with Gasteiger partial charge in [-0.1, -0.05) is 23.4 Å². The molecule has 8 nitrogen and oxygen atoms in total. The van der Waals surface area contributed by atoms with Crippen molar-refractivity contribution < 1.29 is 13.9 Å². The van der Waals surface area contributed by atoms with Gasteiger partial charge in [0.25, 0.3) is 5.91 Å². The smallest absolute Gasteiger partial charge is 0.250 e. The minimum absolute atomic E-state index is 0.101. The van der Waals surface area contributed by atoms with Crippen molar-refractivity contribution >= 4 is 35.5 Å². The number of hydrazone groups is 1. The summed E-state index contributed by atoms with van der Waals surface area (Å²) in [7, 11) is 0. The summed E-state index contributed by atoms with van der Waals surface area (Å²) in [5.41, 5.74) is 4.19. The summed E-state index contributed by atoms with van der Waals surface area (Å²) in [6.07, 6.45) is 1.45. The summed E-state index contributed by atoms with van der Waals surface area (Å²) in [5.74, 6) is 2.56. The lowest BCUT2D eigenvalue weighted by atomic mass is 10.2. The van der Waals surface area contributed by atoms with Gasteiger partial charge < -0.3 is 9.15 Å². The number of carbonyl (C=O) groups excluding carboxylic acids is 1. The van der Waals surface area contributed by atoms with Gasteiger partial charge in [0.1, 0.15) is 17.3 Å². The lowest BCUT2D eigenvalue weighted by molar-refractivity contribution is -0.118. The molecule has 0 atom stereocenters. The molecule has 0 aliphatic heterocycles. The normalized spacial score (nSPS) is 11.1. The van der Waals surface area contributed by atoms with Crippen LogP contribution in [-0.4, -0.2) is 39.2 Å². The largest absolute Gasteiger partial charge is 0.494 e. The predicted octanol–water partition coefficient (Wildman–Crippen LogP) is 5.13. The number of halogens is 1. The Hall–Kier alpha value is -3.56. The van der Waals surface area contributed by atoms with Crippen molar-refractivity contribution in [2.24, 2.45) is 5.10 Å². The van der Waals surface area contributed by atoms with Gasteiger partial charge in [0.2, 0.25) is 0 Å². The van der Waals surface area contributed by atoms with Gasteiger partial charge in [0.05, 0.1) is 18.6 Å². The molecule has 0 aliphatic rings. The Morgan fingerprint density at radius 3 is 2.59 bits per heavy atom. The van der Waals surface area contributed by atoms with E-state index in [-0.39, 0.29) is 11.7 Å². The number of benzene rings is 2. The van der Waals surface area contributed by atoms with Crippen molar-refractivity contribution in [3.05, 3.63) is 77.2 Å². The van der Waals surface area contributed by atoms with Gasteiger partial charge in [0.15, 0.2) is 11.0 Å². The molecular weight excluding hydrogens is 474 g/mol. The Balaban J connectivity index is 1.53. The third kappa shape index (κ3) is 5.86. The van der Waals surface area contributed by atoms with Crippen molar-refractivity contribution in [3.63, 3.8) is 0 Å². The van der Waals surface area contributed by atoms with Crippen molar-refractivity contribution in [1.29, 1.82) is 0 Å². The second kappa shape index (κ2) is 11.0. The highest BCUT2D eigenvalue weighted by atomic mass is 35.5. The number of aromatic nitrogens is 3. The first kappa shape index (κ1) is 23.6. The number of ether oxygens (including phenoxy) is 1. The molecule has 0 radical (unpaired) electrons. The number of hydrogen-bond acceptors (Lipinski definition) is 7. The van der Waals surface area contributed by atoms with Crippen LogP contribution in [0.4, 0.5) is 0 Å². The van der Waals surface area contributed by atoms with Crippen LogP contribution in [0.25, 0.3) is 17.1 Å². The average molecular weight is 496 g/mol. The first-order chi connectivity index (χ1) is 16.5. The molecule has 0 aliphatic carbocycles. The van der Waals surface area contributed by atoms with E-state index in [1.54, 1.807) is 18.2 Å².